The highest BCUT2D eigenvalue weighted by Gasteiger charge is 2.12. The molecule has 0 aliphatic carbocycles. The van der Waals surface area contributed by atoms with Crippen molar-refractivity contribution in [2.24, 2.45) is 0 Å². The number of aromatic nitrogens is 2. The fourth-order valence-corrected chi connectivity index (χ4v) is 1.84. The zero-order chi connectivity index (χ0) is 13.1. The van der Waals surface area contributed by atoms with Crippen LogP contribution in [0, 0.1) is 13.8 Å². The third kappa shape index (κ3) is 2.76. The minimum atomic E-state index is -0.268. The number of rotatable bonds is 3. The van der Waals surface area contributed by atoms with Crippen LogP contribution in [0.5, 0.6) is 0 Å². The molecule has 2 rings (SSSR count). The number of oxazole rings is 1. The predicted octanol–water partition coefficient (Wildman–Crippen LogP) is 2.38. The number of aryl methyl sites for hydroxylation is 2. The number of hydrogen-bond acceptors (Lipinski definition) is 4. The molecule has 0 saturated carbocycles. The van der Waals surface area contributed by atoms with Gasteiger partial charge in [-0.3, -0.25) is 4.79 Å². The van der Waals surface area contributed by atoms with Gasteiger partial charge in [-0.15, -0.1) is 0 Å². The highest BCUT2D eigenvalue weighted by molar-refractivity contribution is 9.10. The zero-order valence-electron chi connectivity index (χ0n) is 10.0. The summed E-state index contributed by atoms with van der Waals surface area (Å²) >= 11 is 3.28. The minimum absolute atomic E-state index is 0.247. The maximum atomic E-state index is 11.9. The topological polar surface area (TPSA) is 68.0 Å². The number of nitrogens with one attached hydrogen (secondary N) is 1. The first-order valence-corrected chi connectivity index (χ1v) is 6.19. The van der Waals surface area contributed by atoms with E-state index in [2.05, 4.69) is 31.2 Å². The number of halogens is 1. The molecule has 0 atom stereocenters. The van der Waals surface area contributed by atoms with Crippen molar-refractivity contribution in [3.05, 3.63) is 45.8 Å². The SMILES string of the molecule is Cc1nc(CNC(=O)c2ncccc2Br)oc1C. The third-order valence-corrected chi connectivity index (χ3v) is 3.09. The summed E-state index contributed by atoms with van der Waals surface area (Å²) in [5, 5.41) is 2.71. The first-order valence-electron chi connectivity index (χ1n) is 5.39. The van der Waals surface area contributed by atoms with Gasteiger partial charge in [0.05, 0.1) is 12.2 Å². The molecule has 0 aromatic carbocycles. The Morgan fingerprint density at radius 2 is 2.28 bits per heavy atom. The van der Waals surface area contributed by atoms with Gasteiger partial charge >= 0.3 is 0 Å². The maximum absolute atomic E-state index is 11.9. The van der Waals surface area contributed by atoms with Crippen molar-refractivity contribution in [1.29, 1.82) is 0 Å². The second-order valence-electron chi connectivity index (χ2n) is 3.77. The molecule has 0 spiro atoms. The van der Waals surface area contributed by atoms with Crippen LogP contribution in [-0.2, 0) is 6.54 Å². The molecule has 1 N–H and O–H groups in total. The molecule has 0 aliphatic rings. The van der Waals surface area contributed by atoms with E-state index >= 15 is 0 Å². The van der Waals surface area contributed by atoms with Crippen molar-refractivity contribution in [3.63, 3.8) is 0 Å². The summed E-state index contributed by atoms with van der Waals surface area (Å²) in [5.41, 5.74) is 1.18. The molecule has 0 fully saturated rings. The van der Waals surface area contributed by atoms with E-state index in [-0.39, 0.29) is 12.5 Å². The van der Waals surface area contributed by atoms with Gasteiger partial charge in [0.15, 0.2) is 0 Å². The van der Waals surface area contributed by atoms with Crippen LogP contribution in [0.3, 0.4) is 0 Å². The number of carbonyl (C=O) groups is 1. The van der Waals surface area contributed by atoms with Crippen LogP contribution in [0.1, 0.15) is 27.8 Å². The molecule has 18 heavy (non-hydrogen) atoms. The molecule has 0 saturated heterocycles. The van der Waals surface area contributed by atoms with E-state index in [4.69, 9.17) is 4.42 Å². The summed E-state index contributed by atoms with van der Waals surface area (Å²) < 4.78 is 6.03. The van der Waals surface area contributed by atoms with Crippen molar-refractivity contribution < 1.29 is 9.21 Å². The molecule has 0 radical (unpaired) electrons. The molecular formula is C12H12BrN3O2. The molecule has 94 valence electrons. The number of amides is 1. The molecule has 5 nitrogen and oxygen atoms in total. The smallest absolute Gasteiger partial charge is 0.271 e. The normalized spacial score (nSPS) is 10.4. The third-order valence-electron chi connectivity index (χ3n) is 2.45. The molecule has 0 unspecified atom stereocenters. The van der Waals surface area contributed by atoms with Crippen LogP contribution in [0.25, 0.3) is 0 Å². The average molecular weight is 310 g/mol. The summed E-state index contributed by atoms with van der Waals surface area (Å²) in [6, 6.07) is 3.52. The standard InChI is InChI=1S/C12H12BrN3O2/c1-7-8(2)18-10(16-7)6-15-12(17)11-9(13)4-3-5-14-11/h3-5H,6H2,1-2H3,(H,15,17). The molecular weight excluding hydrogens is 298 g/mol. The molecule has 6 heteroatoms. The Balaban J connectivity index is 2.03. The lowest BCUT2D eigenvalue weighted by molar-refractivity contribution is 0.0941. The molecule has 2 aromatic rings. The monoisotopic (exact) mass is 309 g/mol. The second-order valence-corrected chi connectivity index (χ2v) is 4.62. The highest BCUT2D eigenvalue weighted by atomic mass is 79.9. The van der Waals surface area contributed by atoms with Crippen LogP contribution in [0.2, 0.25) is 0 Å². The Labute approximate surface area is 113 Å². The number of hydrogen-bond donors (Lipinski definition) is 1. The lowest BCUT2D eigenvalue weighted by Crippen LogP contribution is -2.24. The van der Waals surface area contributed by atoms with Gasteiger partial charge in [0, 0.05) is 10.7 Å². The summed E-state index contributed by atoms with van der Waals surface area (Å²) in [6.07, 6.45) is 1.57. The highest BCUT2D eigenvalue weighted by Crippen LogP contribution is 2.13. The van der Waals surface area contributed by atoms with E-state index in [0.717, 1.165) is 11.5 Å². The molecule has 0 bridgehead atoms. The molecule has 2 heterocycles. The zero-order valence-corrected chi connectivity index (χ0v) is 11.6. The van der Waals surface area contributed by atoms with Crippen molar-refractivity contribution in [2.75, 3.05) is 0 Å². The lowest BCUT2D eigenvalue weighted by Gasteiger charge is -2.03. The number of pyridine rings is 1. The fraction of sp³-hybridized carbons (Fsp3) is 0.250. The Morgan fingerprint density at radius 1 is 1.50 bits per heavy atom. The molecule has 0 aliphatic heterocycles. The van der Waals surface area contributed by atoms with E-state index in [1.807, 2.05) is 13.8 Å². The van der Waals surface area contributed by atoms with E-state index in [0.29, 0.717) is 16.1 Å². The Hall–Kier alpha value is -1.69. The largest absolute Gasteiger partial charge is 0.444 e. The van der Waals surface area contributed by atoms with Crippen LogP contribution in [-0.4, -0.2) is 15.9 Å². The van der Waals surface area contributed by atoms with Crippen LogP contribution in [0.4, 0.5) is 0 Å². The van der Waals surface area contributed by atoms with Crippen LogP contribution in [0.15, 0.2) is 27.2 Å². The molecule has 2 aromatic heterocycles. The average Bonchev–Trinajstić information content (AvgIpc) is 2.66. The van der Waals surface area contributed by atoms with Gasteiger partial charge < -0.3 is 9.73 Å². The Bertz CT molecular complexity index is 561. The van der Waals surface area contributed by atoms with E-state index < -0.39 is 0 Å². The summed E-state index contributed by atoms with van der Waals surface area (Å²) in [4.78, 5) is 20.0. The first kappa shape index (κ1) is 12.8. The van der Waals surface area contributed by atoms with Crippen molar-refractivity contribution in [1.82, 2.24) is 15.3 Å². The summed E-state index contributed by atoms with van der Waals surface area (Å²) in [7, 11) is 0. The van der Waals surface area contributed by atoms with Gasteiger partial charge in [0.1, 0.15) is 11.5 Å². The predicted molar refractivity (Wildman–Crippen MR) is 69.1 cm³/mol. The van der Waals surface area contributed by atoms with E-state index in [9.17, 15) is 4.79 Å². The quantitative estimate of drug-likeness (QED) is 0.945. The maximum Gasteiger partial charge on any atom is 0.271 e. The van der Waals surface area contributed by atoms with Gasteiger partial charge in [-0.1, -0.05) is 0 Å². The second kappa shape index (κ2) is 5.30. The van der Waals surface area contributed by atoms with E-state index in [1.165, 1.54) is 0 Å². The van der Waals surface area contributed by atoms with Crippen LogP contribution >= 0.6 is 15.9 Å². The van der Waals surface area contributed by atoms with Gasteiger partial charge in [0.25, 0.3) is 5.91 Å². The Kier molecular flexibility index (Phi) is 3.76. The number of carbonyl (C=O) groups excluding carboxylic acids is 1. The lowest BCUT2D eigenvalue weighted by atomic mass is 10.3. The summed E-state index contributed by atoms with van der Waals surface area (Å²) in [6.45, 7) is 3.94. The van der Waals surface area contributed by atoms with Crippen molar-refractivity contribution in [2.45, 2.75) is 20.4 Å². The van der Waals surface area contributed by atoms with Gasteiger partial charge in [-0.2, -0.15) is 0 Å². The van der Waals surface area contributed by atoms with E-state index in [1.54, 1.807) is 18.3 Å². The number of nitrogens with zero attached hydrogens (tertiary/aromatic N) is 2. The van der Waals surface area contributed by atoms with Gasteiger partial charge in [-0.05, 0) is 41.9 Å². The van der Waals surface area contributed by atoms with Crippen molar-refractivity contribution in [3.8, 4) is 0 Å². The van der Waals surface area contributed by atoms with Gasteiger partial charge in [0.2, 0.25) is 5.89 Å². The van der Waals surface area contributed by atoms with Crippen molar-refractivity contribution >= 4 is 21.8 Å². The molecule has 1 amide bonds. The Morgan fingerprint density at radius 3 is 2.89 bits per heavy atom. The summed E-state index contributed by atoms with van der Waals surface area (Å²) in [5.74, 6) is 0.986. The van der Waals surface area contributed by atoms with Gasteiger partial charge in [-0.25, -0.2) is 9.97 Å². The first-order chi connectivity index (χ1) is 8.58. The van der Waals surface area contributed by atoms with Crippen LogP contribution < -0.4 is 5.32 Å². The fourth-order valence-electron chi connectivity index (χ4n) is 1.41. The minimum Gasteiger partial charge on any atom is -0.444 e.